The first-order valence-electron chi connectivity index (χ1n) is 11.5. The summed E-state index contributed by atoms with van der Waals surface area (Å²) in [5.74, 6) is 0.468. The van der Waals surface area contributed by atoms with Gasteiger partial charge in [-0.05, 0) is 68.0 Å². The molecule has 3 aromatic heterocycles. The summed E-state index contributed by atoms with van der Waals surface area (Å²) in [5.41, 5.74) is 7.98. The van der Waals surface area contributed by atoms with Crippen LogP contribution >= 0.6 is 0 Å². The van der Waals surface area contributed by atoms with Crippen molar-refractivity contribution in [3.63, 3.8) is 0 Å². The number of aromatic nitrogens is 2. The summed E-state index contributed by atoms with van der Waals surface area (Å²) in [6, 6.07) is 14.0. The van der Waals surface area contributed by atoms with Gasteiger partial charge >= 0.3 is 5.91 Å². The van der Waals surface area contributed by atoms with Crippen LogP contribution in [0.4, 0.5) is 0 Å². The van der Waals surface area contributed by atoms with Gasteiger partial charge in [0.1, 0.15) is 23.8 Å². The van der Waals surface area contributed by atoms with E-state index in [4.69, 9.17) is 9.15 Å². The van der Waals surface area contributed by atoms with E-state index in [1.165, 1.54) is 0 Å². The lowest BCUT2D eigenvalue weighted by Crippen LogP contribution is -2.41. The van der Waals surface area contributed by atoms with E-state index in [9.17, 15) is 9.59 Å². The Labute approximate surface area is 203 Å². The maximum Gasteiger partial charge on any atom is 0.305 e. The molecule has 182 valence electrons. The van der Waals surface area contributed by atoms with Gasteiger partial charge in [-0.15, -0.1) is 0 Å². The van der Waals surface area contributed by atoms with Gasteiger partial charge in [0.25, 0.3) is 5.91 Å². The van der Waals surface area contributed by atoms with Gasteiger partial charge in [-0.3, -0.25) is 25.3 Å². The number of hydrogen-bond donors (Lipinski definition) is 2. The zero-order chi connectivity index (χ0) is 24.8. The maximum atomic E-state index is 12.4. The Balaban J connectivity index is 1.27. The summed E-state index contributed by atoms with van der Waals surface area (Å²) < 4.78 is 13.4. The zero-order valence-electron chi connectivity index (χ0n) is 20.1. The monoisotopic (exact) mass is 475 g/mol. The minimum atomic E-state index is -0.522. The number of nitrogens with zero attached hydrogens (tertiary/aromatic N) is 3. The molecule has 0 saturated heterocycles. The van der Waals surface area contributed by atoms with E-state index in [0.29, 0.717) is 30.2 Å². The standard InChI is InChI=1S/C26H29N5O4/c1-4-30(5-2)16-22-11-12-23(35-22)26(33)29-28-25(32)19-7-9-21(10-8-19)34-17-20-15-31-14-18(3)6-13-24(31)27-20/h6-15H,4-5,16-17H2,1-3H3,(H,28,32)(H,29,33). The normalized spacial score (nSPS) is 11.1. The van der Waals surface area contributed by atoms with Crippen LogP contribution in [0.25, 0.3) is 5.65 Å². The smallest absolute Gasteiger partial charge is 0.305 e. The highest BCUT2D eigenvalue weighted by Crippen LogP contribution is 2.15. The predicted molar refractivity (Wildman–Crippen MR) is 131 cm³/mol. The molecule has 4 aromatic rings. The molecule has 3 heterocycles. The lowest BCUT2D eigenvalue weighted by Gasteiger charge is -2.15. The number of carbonyl (C=O) groups excluding carboxylic acids is 2. The molecule has 0 radical (unpaired) electrons. The number of furan rings is 1. The van der Waals surface area contributed by atoms with E-state index in [1.807, 2.05) is 35.9 Å². The van der Waals surface area contributed by atoms with E-state index < -0.39 is 11.8 Å². The third kappa shape index (κ3) is 6.07. The van der Waals surface area contributed by atoms with Crippen molar-refractivity contribution in [3.8, 4) is 5.75 Å². The minimum Gasteiger partial charge on any atom is -0.487 e. The van der Waals surface area contributed by atoms with Crippen molar-refractivity contribution in [2.24, 2.45) is 0 Å². The van der Waals surface area contributed by atoms with Crippen molar-refractivity contribution >= 4 is 17.5 Å². The summed E-state index contributed by atoms with van der Waals surface area (Å²) in [7, 11) is 0. The average Bonchev–Trinajstić information content (AvgIpc) is 3.51. The van der Waals surface area contributed by atoms with Crippen molar-refractivity contribution in [2.45, 2.75) is 33.9 Å². The molecule has 35 heavy (non-hydrogen) atoms. The van der Waals surface area contributed by atoms with Crippen LogP contribution in [0, 0.1) is 6.92 Å². The molecule has 0 aliphatic rings. The molecule has 0 bridgehead atoms. The first-order chi connectivity index (χ1) is 16.9. The molecule has 1 aromatic carbocycles. The molecule has 9 nitrogen and oxygen atoms in total. The Kier molecular flexibility index (Phi) is 7.47. The quantitative estimate of drug-likeness (QED) is 0.358. The van der Waals surface area contributed by atoms with E-state index in [-0.39, 0.29) is 5.76 Å². The van der Waals surface area contributed by atoms with Crippen molar-refractivity contribution in [1.82, 2.24) is 25.1 Å². The van der Waals surface area contributed by atoms with Crippen LogP contribution in [0.15, 0.2) is 65.3 Å². The average molecular weight is 476 g/mol. The van der Waals surface area contributed by atoms with Crippen LogP contribution < -0.4 is 15.6 Å². The van der Waals surface area contributed by atoms with Crippen LogP contribution in [0.2, 0.25) is 0 Å². The number of carbonyl (C=O) groups is 2. The molecule has 0 spiro atoms. The van der Waals surface area contributed by atoms with Crippen molar-refractivity contribution < 1.29 is 18.7 Å². The predicted octanol–water partition coefficient (Wildman–Crippen LogP) is 3.73. The highest BCUT2D eigenvalue weighted by atomic mass is 16.5. The topological polar surface area (TPSA) is 101 Å². The number of benzene rings is 1. The Bertz CT molecular complexity index is 1310. The van der Waals surface area contributed by atoms with Crippen LogP contribution in [-0.4, -0.2) is 39.2 Å². The fourth-order valence-corrected chi connectivity index (χ4v) is 3.58. The zero-order valence-corrected chi connectivity index (χ0v) is 20.1. The third-order valence-electron chi connectivity index (χ3n) is 5.60. The number of aryl methyl sites for hydroxylation is 1. The number of nitrogens with one attached hydrogen (secondary N) is 2. The number of pyridine rings is 1. The summed E-state index contributed by atoms with van der Waals surface area (Å²) in [6.07, 6.45) is 3.94. The molecule has 0 aliphatic heterocycles. The first kappa shape index (κ1) is 24.0. The minimum absolute atomic E-state index is 0.137. The molecule has 2 N–H and O–H groups in total. The number of amides is 2. The van der Waals surface area contributed by atoms with Crippen molar-refractivity contribution in [1.29, 1.82) is 0 Å². The second-order valence-corrected chi connectivity index (χ2v) is 8.15. The first-order valence-corrected chi connectivity index (χ1v) is 11.5. The Morgan fingerprint density at radius 1 is 0.971 bits per heavy atom. The number of ether oxygens (including phenoxy) is 1. The van der Waals surface area contributed by atoms with Crippen LogP contribution in [0.5, 0.6) is 5.75 Å². The number of imidazole rings is 1. The molecule has 0 unspecified atom stereocenters. The third-order valence-corrected chi connectivity index (χ3v) is 5.60. The summed E-state index contributed by atoms with van der Waals surface area (Å²) >= 11 is 0. The molecule has 4 rings (SSSR count). The van der Waals surface area contributed by atoms with Gasteiger partial charge in [-0.1, -0.05) is 19.9 Å². The summed E-state index contributed by atoms with van der Waals surface area (Å²) in [4.78, 5) is 31.4. The number of fused-ring (bicyclic) bond motifs is 1. The molecule has 0 aliphatic carbocycles. The molecule has 0 saturated carbocycles. The van der Waals surface area contributed by atoms with Crippen molar-refractivity contribution in [3.05, 3.63) is 89.3 Å². The van der Waals surface area contributed by atoms with E-state index >= 15 is 0 Å². The molecular formula is C26H29N5O4. The van der Waals surface area contributed by atoms with Gasteiger partial charge in [0.05, 0.1) is 12.2 Å². The van der Waals surface area contributed by atoms with Gasteiger partial charge in [0.15, 0.2) is 5.76 Å². The Hall–Kier alpha value is -4.11. The highest BCUT2D eigenvalue weighted by Gasteiger charge is 2.14. The summed E-state index contributed by atoms with van der Waals surface area (Å²) in [6.45, 7) is 8.87. The SMILES string of the molecule is CCN(CC)Cc1ccc(C(=O)NNC(=O)c2ccc(OCc3cn4cc(C)ccc4n3)cc2)o1. The molecule has 0 atom stereocenters. The van der Waals surface area contributed by atoms with Crippen molar-refractivity contribution in [2.75, 3.05) is 13.1 Å². The van der Waals surface area contributed by atoms with Gasteiger partial charge < -0.3 is 13.6 Å². The molecule has 0 fully saturated rings. The fraction of sp³-hybridized carbons (Fsp3) is 0.269. The Morgan fingerprint density at radius 2 is 1.71 bits per heavy atom. The molecule has 2 amide bonds. The van der Waals surface area contributed by atoms with Gasteiger partial charge in [0.2, 0.25) is 0 Å². The second-order valence-electron chi connectivity index (χ2n) is 8.15. The van der Waals surface area contributed by atoms with Crippen LogP contribution in [0.1, 0.15) is 51.8 Å². The fourth-order valence-electron chi connectivity index (χ4n) is 3.58. The molecular weight excluding hydrogens is 446 g/mol. The van der Waals surface area contributed by atoms with Gasteiger partial charge in [0, 0.05) is 18.0 Å². The second kappa shape index (κ2) is 10.9. The number of rotatable bonds is 9. The van der Waals surface area contributed by atoms with E-state index in [2.05, 4.69) is 34.6 Å². The van der Waals surface area contributed by atoms with Crippen LogP contribution in [-0.2, 0) is 13.2 Å². The van der Waals surface area contributed by atoms with Gasteiger partial charge in [-0.25, -0.2) is 4.98 Å². The van der Waals surface area contributed by atoms with Crippen LogP contribution in [0.3, 0.4) is 0 Å². The largest absolute Gasteiger partial charge is 0.487 e. The maximum absolute atomic E-state index is 12.4. The summed E-state index contributed by atoms with van der Waals surface area (Å²) in [5, 5.41) is 0. The lowest BCUT2D eigenvalue weighted by molar-refractivity contribution is 0.0829. The number of hydrogen-bond acceptors (Lipinski definition) is 6. The highest BCUT2D eigenvalue weighted by molar-refractivity contribution is 5.98. The lowest BCUT2D eigenvalue weighted by atomic mass is 10.2. The Morgan fingerprint density at radius 3 is 2.46 bits per heavy atom. The van der Waals surface area contributed by atoms with E-state index in [0.717, 1.165) is 30.0 Å². The van der Waals surface area contributed by atoms with Gasteiger partial charge in [-0.2, -0.15) is 0 Å². The van der Waals surface area contributed by atoms with E-state index in [1.54, 1.807) is 36.4 Å². The number of hydrazine groups is 1. The molecule has 9 heteroatoms.